The number of carbonyl (C=O) groups excluding carboxylic acids is 6. The number of hydrogen-bond donors (Lipinski definition) is 1. The molecule has 2 atom stereocenters. The van der Waals surface area contributed by atoms with E-state index in [1.54, 1.807) is 52.0 Å². The van der Waals surface area contributed by atoms with E-state index in [-0.39, 0.29) is 42.4 Å². The second-order valence-corrected chi connectivity index (χ2v) is 16.4. The van der Waals surface area contributed by atoms with E-state index < -0.39 is 36.6 Å². The lowest BCUT2D eigenvalue weighted by Gasteiger charge is -2.31. The number of esters is 1. The molecule has 2 aromatic carbocycles. The van der Waals surface area contributed by atoms with Crippen LogP contribution in [0, 0.1) is 39.5 Å². The molecule has 16 heteroatoms. The van der Waals surface area contributed by atoms with Crippen molar-refractivity contribution in [3.8, 4) is 11.5 Å². The molecular formula is C44H62ClN3O12. The number of ketones is 2. The molecule has 1 N–H and O–H groups in total. The summed E-state index contributed by atoms with van der Waals surface area (Å²) < 4.78 is 30.6. The zero-order valence-electron chi connectivity index (χ0n) is 36.5. The predicted octanol–water partition coefficient (Wildman–Crippen LogP) is 8.08. The number of hydrogen-bond acceptors (Lipinski definition) is 12. The van der Waals surface area contributed by atoms with E-state index in [1.807, 2.05) is 39.8 Å². The van der Waals surface area contributed by atoms with Gasteiger partial charge in [0.1, 0.15) is 17.1 Å². The van der Waals surface area contributed by atoms with Crippen LogP contribution in [-0.2, 0) is 23.7 Å². The SMILES string of the molecule is COc1cc(C(=O)CC2CCCN(C(=O)OCCl)C2)cc(C)c1C.COc1cc(C(=O)CC2CCCN(C(=O)OCOC(=O)CCNC(=O)OC(C)(C)C)C2)cc(C)c1C. The van der Waals surface area contributed by atoms with Crippen LogP contribution >= 0.6 is 11.6 Å². The number of benzene rings is 2. The monoisotopic (exact) mass is 859 g/mol. The summed E-state index contributed by atoms with van der Waals surface area (Å²) in [5, 5.41) is 2.45. The van der Waals surface area contributed by atoms with Gasteiger partial charge in [-0.25, -0.2) is 14.4 Å². The fraction of sp³-hybridized carbons (Fsp3) is 0.591. The number of amides is 3. The van der Waals surface area contributed by atoms with Crippen LogP contribution in [-0.4, -0.2) is 111 Å². The Bertz CT molecular complexity index is 1830. The van der Waals surface area contributed by atoms with Crippen LogP contribution in [0.4, 0.5) is 14.4 Å². The Morgan fingerprint density at radius 2 is 1.18 bits per heavy atom. The number of rotatable bonds is 14. The highest BCUT2D eigenvalue weighted by molar-refractivity contribution is 6.17. The Balaban J connectivity index is 0.000000347. The van der Waals surface area contributed by atoms with Crippen molar-refractivity contribution >= 4 is 47.4 Å². The molecule has 2 aromatic rings. The Morgan fingerprint density at radius 3 is 1.62 bits per heavy atom. The molecule has 0 radical (unpaired) electrons. The van der Waals surface area contributed by atoms with Crippen LogP contribution < -0.4 is 14.8 Å². The molecule has 60 heavy (non-hydrogen) atoms. The van der Waals surface area contributed by atoms with Crippen molar-refractivity contribution in [2.45, 2.75) is 99.0 Å². The smallest absolute Gasteiger partial charge is 0.412 e. The van der Waals surface area contributed by atoms with E-state index in [1.165, 1.54) is 4.90 Å². The second-order valence-electron chi connectivity index (χ2n) is 16.1. The number of aryl methyl sites for hydroxylation is 2. The van der Waals surface area contributed by atoms with Gasteiger partial charge in [0.25, 0.3) is 0 Å². The van der Waals surface area contributed by atoms with Gasteiger partial charge in [0.2, 0.25) is 6.79 Å². The van der Waals surface area contributed by atoms with E-state index in [9.17, 15) is 28.8 Å². The predicted molar refractivity (Wildman–Crippen MR) is 225 cm³/mol. The van der Waals surface area contributed by atoms with Gasteiger partial charge in [-0.15, -0.1) is 0 Å². The third-order valence-corrected chi connectivity index (χ3v) is 10.5. The molecule has 2 saturated heterocycles. The molecule has 4 rings (SSSR count). The van der Waals surface area contributed by atoms with Gasteiger partial charge in [-0.2, -0.15) is 0 Å². The highest BCUT2D eigenvalue weighted by Crippen LogP contribution is 2.29. The van der Waals surface area contributed by atoms with E-state index in [0.717, 1.165) is 53.7 Å². The van der Waals surface area contributed by atoms with Crippen molar-refractivity contribution in [2.75, 3.05) is 59.8 Å². The summed E-state index contributed by atoms with van der Waals surface area (Å²) in [5.41, 5.74) is 4.70. The average molecular weight is 860 g/mol. The lowest BCUT2D eigenvalue weighted by atomic mass is 9.90. The molecule has 0 aromatic heterocycles. The molecule has 2 aliphatic heterocycles. The van der Waals surface area contributed by atoms with E-state index in [4.69, 9.17) is 40.0 Å². The number of halogens is 1. The fourth-order valence-electron chi connectivity index (χ4n) is 6.98. The minimum atomic E-state index is -0.632. The van der Waals surface area contributed by atoms with E-state index >= 15 is 0 Å². The maximum absolute atomic E-state index is 12.9. The summed E-state index contributed by atoms with van der Waals surface area (Å²) in [6.45, 7) is 14.6. The third kappa shape index (κ3) is 15.9. The topological polar surface area (TPSA) is 176 Å². The molecule has 15 nitrogen and oxygen atoms in total. The minimum Gasteiger partial charge on any atom is -0.496 e. The van der Waals surface area contributed by atoms with Crippen LogP contribution in [0.15, 0.2) is 24.3 Å². The summed E-state index contributed by atoms with van der Waals surface area (Å²) in [4.78, 5) is 76.2. The van der Waals surface area contributed by atoms with Gasteiger partial charge >= 0.3 is 24.2 Å². The number of carbonyl (C=O) groups is 6. The van der Waals surface area contributed by atoms with E-state index in [2.05, 4.69) is 5.32 Å². The molecule has 3 amide bonds. The van der Waals surface area contributed by atoms with E-state index in [0.29, 0.717) is 55.9 Å². The highest BCUT2D eigenvalue weighted by Gasteiger charge is 2.29. The Morgan fingerprint density at radius 1 is 0.717 bits per heavy atom. The zero-order chi connectivity index (χ0) is 44.6. The molecule has 0 bridgehead atoms. The van der Waals surface area contributed by atoms with Crippen LogP contribution in [0.1, 0.15) is 109 Å². The summed E-state index contributed by atoms with van der Waals surface area (Å²) >= 11 is 5.44. The highest BCUT2D eigenvalue weighted by atomic mass is 35.5. The standard InChI is InChI=1S/C26H38N2O8.C18H24ClNO4/c1-17-12-20(14-22(33-6)18(17)2)21(29)13-19-8-7-11-28(15-19)25(32)35-16-34-23(30)9-10-27-24(31)36-26(3,4)5;1-12-7-15(9-17(23-3)13(12)2)16(21)8-14-5-4-6-20(10-14)18(22)24-11-19/h12,14,19H,7-11,13,15-16H2,1-6H3,(H,27,31);7,9,14H,4-6,8,10-11H2,1-3H3. The lowest BCUT2D eigenvalue weighted by molar-refractivity contribution is -0.152. The average Bonchev–Trinajstić information content (AvgIpc) is 3.19. The van der Waals surface area contributed by atoms with Crippen molar-refractivity contribution in [1.82, 2.24) is 15.1 Å². The number of nitrogens with zero attached hydrogens (tertiary/aromatic N) is 2. The van der Waals surface area contributed by atoms with Crippen molar-refractivity contribution in [3.63, 3.8) is 0 Å². The van der Waals surface area contributed by atoms with Gasteiger partial charge in [0, 0.05) is 56.7 Å². The number of piperidine rings is 2. The summed E-state index contributed by atoms with van der Waals surface area (Å²) in [5.74, 6) is 1.02. The van der Waals surface area contributed by atoms with Crippen LogP contribution in [0.3, 0.4) is 0 Å². The molecule has 0 spiro atoms. The van der Waals surface area contributed by atoms with Gasteiger partial charge < -0.3 is 43.5 Å². The van der Waals surface area contributed by atoms with Crippen molar-refractivity contribution in [3.05, 3.63) is 57.6 Å². The molecule has 0 aliphatic carbocycles. The molecule has 2 fully saturated rings. The number of likely N-dealkylation sites (tertiary alicyclic amines) is 2. The first-order chi connectivity index (χ1) is 28.3. The molecule has 0 saturated carbocycles. The minimum absolute atomic E-state index is 0.00513. The van der Waals surface area contributed by atoms with Gasteiger partial charge in [-0.3, -0.25) is 14.4 Å². The first-order valence-electron chi connectivity index (χ1n) is 20.2. The maximum atomic E-state index is 12.9. The fourth-order valence-corrected chi connectivity index (χ4v) is 7.08. The number of nitrogens with one attached hydrogen (secondary N) is 1. The molecule has 2 aliphatic rings. The van der Waals surface area contributed by atoms with Gasteiger partial charge in [0.05, 0.1) is 20.6 Å². The number of alkyl carbamates (subject to hydrolysis) is 1. The normalized spacial score (nSPS) is 16.4. The number of methoxy groups -OCH3 is 2. The van der Waals surface area contributed by atoms with Gasteiger partial charge in [0.15, 0.2) is 17.6 Å². The first-order valence-corrected chi connectivity index (χ1v) is 20.8. The summed E-state index contributed by atoms with van der Waals surface area (Å²) in [7, 11) is 3.19. The van der Waals surface area contributed by atoms with Crippen LogP contribution in [0.25, 0.3) is 0 Å². The van der Waals surface area contributed by atoms with Crippen molar-refractivity contribution < 1.29 is 57.2 Å². The Kier molecular flexibility index (Phi) is 19.4. The molecular weight excluding hydrogens is 798 g/mol. The Labute approximate surface area is 358 Å². The van der Waals surface area contributed by atoms with Crippen LogP contribution in [0.5, 0.6) is 11.5 Å². The van der Waals surface area contributed by atoms with Gasteiger partial charge in [-0.05, 0) is 133 Å². The third-order valence-electron chi connectivity index (χ3n) is 10.4. The largest absolute Gasteiger partial charge is 0.496 e. The summed E-state index contributed by atoms with van der Waals surface area (Å²) in [6, 6.07) is 7.18. The number of Topliss-reactive ketones (excluding diaryl/α,β-unsaturated/α-hetero) is 2. The quantitative estimate of drug-likeness (QED) is 0.0637. The molecule has 2 unspecified atom stereocenters. The lowest BCUT2D eigenvalue weighted by Crippen LogP contribution is -2.41. The van der Waals surface area contributed by atoms with Crippen molar-refractivity contribution in [2.24, 2.45) is 11.8 Å². The summed E-state index contributed by atoms with van der Waals surface area (Å²) in [6.07, 6.45) is 2.38. The number of ether oxygens (including phenoxy) is 6. The van der Waals surface area contributed by atoms with Gasteiger partial charge in [-0.1, -0.05) is 11.6 Å². The van der Waals surface area contributed by atoms with Crippen molar-refractivity contribution in [1.29, 1.82) is 0 Å². The number of alkyl halides is 1. The Hall–Kier alpha value is -5.05. The molecule has 2 heterocycles. The van der Waals surface area contributed by atoms with Crippen LogP contribution in [0.2, 0.25) is 0 Å². The zero-order valence-corrected chi connectivity index (χ0v) is 37.3. The second kappa shape index (κ2) is 23.7. The molecule has 332 valence electrons. The maximum Gasteiger partial charge on any atom is 0.412 e. The first kappa shape index (κ1) is 49.3.